The summed E-state index contributed by atoms with van der Waals surface area (Å²) in [4.78, 5) is 12.3. The third kappa shape index (κ3) is 5.67. The molecule has 0 aliphatic carbocycles. The summed E-state index contributed by atoms with van der Waals surface area (Å²) in [7, 11) is 1.63. The van der Waals surface area contributed by atoms with Crippen molar-refractivity contribution in [2.24, 2.45) is 5.10 Å². The number of aromatic nitrogens is 3. The number of carbonyl (C=O) groups is 1. The Bertz CT molecular complexity index is 1240. The first-order valence-electron chi connectivity index (χ1n) is 10.3. The van der Waals surface area contributed by atoms with E-state index in [0.717, 1.165) is 22.6 Å². The molecule has 0 fully saturated rings. The quantitative estimate of drug-likeness (QED) is 0.239. The summed E-state index contributed by atoms with van der Waals surface area (Å²) >= 11 is 1.30. The van der Waals surface area contributed by atoms with Gasteiger partial charge in [-0.25, -0.2) is 5.43 Å². The largest absolute Gasteiger partial charge is 0.497 e. The number of nitrogens with one attached hydrogen (secondary N) is 1. The highest BCUT2D eigenvalue weighted by Gasteiger charge is 2.17. The van der Waals surface area contributed by atoms with Crippen molar-refractivity contribution in [3.05, 3.63) is 90.0 Å². The summed E-state index contributed by atoms with van der Waals surface area (Å²) in [6, 6.07) is 25.3. The fourth-order valence-corrected chi connectivity index (χ4v) is 3.84. The lowest BCUT2D eigenvalue weighted by atomic mass is 10.2. The lowest BCUT2D eigenvalue weighted by molar-refractivity contribution is -0.118. The number of thioether (sulfide) groups is 1. The van der Waals surface area contributed by atoms with Gasteiger partial charge in [0.1, 0.15) is 5.75 Å². The van der Waals surface area contributed by atoms with Gasteiger partial charge in [0.15, 0.2) is 11.0 Å². The van der Waals surface area contributed by atoms with Crippen LogP contribution in [0.15, 0.2) is 89.1 Å². The van der Waals surface area contributed by atoms with Gasteiger partial charge in [-0.2, -0.15) is 5.10 Å². The number of hydrogen-bond donors (Lipinski definition) is 1. The van der Waals surface area contributed by atoms with Gasteiger partial charge < -0.3 is 4.74 Å². The highest BCUT2D eigenvalue weighted by molar-refractivity contribution is 7.99. The van der Waals surface area contributed by atoms with Crippen LogP contribution in [0.25, 0.3) is 17.1 Å². The van der Waals surface area contributed by atoms with Gasteiger partial charge in [-0.05, 0) is 36.8 Å². The molecule has 4 rings (SSSR count). The summed E-state index contributed by atoms with van der Waals surface area (Å²) in [5, 5.41) is 13.4. The Kier molecular flexibility index (Phi) is 7.16. The first kappa shape index (κ1) is 22.3. The van der Waals surface area contributed by atoms with Gasteiger partial charge in [0.05, 0.1) is 19.1 Å². The number of aryl methyl sites for hydroxylation is 1. The summed E-state index contributed by atoms with van der Waals surface area (Å²) in [5.74, 6) is 1.37. The van der Waals surface area contributed by atoms with E-state index in [0.29, 0.717) is 11.0 Å². The number of carbonyl (C=O) groups excluding carboxylic acids is 1. The Balaban J connectivity index is 1.50. The number of rotatable bonds is 8. The second-order valence-corrected chi connectivity index (χ2v) is 8.14. The zero-order valence-corrected chi connectivity index (χ0v) is 19.1. The molecular formula is C25H23N5O2S. The molecule has 0 radical (unpaired) electrons. The predicted molar refractivity (Wildman–Crippen MR) is 131 cm³/mol. The van der Waals surface area contributed by atoms with Crippen LogP contribution in [0.2, 0.25) is 0 Å². The third-order valence-corrected chi connectivity index (χ3v) is 5.74. The minimum atomic E-state index is -0.228. The Labute approximate surface area is 196 Å². The molecule has 7 nitrogen and oxygen atoms in total. The van der Waals surface area contributed by atoms with Gasteiger partial charge in [-0.3, -0.25) is 9.36 Å². The average Bonchev–Trinajstić information content (AvgIpc) is 3.28. The minimum absolute atomic E-state index is 0.147. The van der Waals surface area contributed by atoms with E-state index in [4.69, 9.17) is 4.74 Å². The Morgan fingerprint density at radius 3 is 2.45 bits per heavy atom. The number of nitrogens with zero attached hydrogens (tertiary/aromatic N) is 4. The van der Waals surface area contributed by atoms with Gasteiger partial charge in [0.2, 0.25) is 0 Å². The monoisotopic (exact) mass is 457 g/mol. The molecule has 4 aromatic rings. The summed E-state index contributed by atoms with van der Waals surface area (Å²) in [5.41, 5.74) is 6.46. The SMILES string of the molecule is COc1ccc(-n2c(SCC(=O)N/N=C\c3ccc(C)cc3)nnc2-c2ccccc2)cc1. The second kappa shape index (κ2) is 10.6. The van der Waals surface area contributed by atoms with Crippen molar-refractivity contribution in [2.45, 2.75) is 12.1 Å². The molecule has 0 aliphatic rings. The minimum Gasteiger partial charge on any atom is -0.497 e. The number of amides is 1. The third-order valence-electron chi connectivity index (χ3n) is 4.81. The molecule has 0 saturated heterocycles. The molecule has 3 aromatic carbocycles. The van der Waals surface area contributed by atoms with Crippen molar-refractivity contribution in [2.75, 3.05) is 12.9 Å². The van der Waals surface area contributed by atoms with Crippen LogP contribution < -0.4 is 10.2 Å². The van der Waals surface area contributed by atoms with E-state index in [1.165, 1.54) is 17.3 Å². The van der Waals surface area contributed by atoms with Crippen LogP contribution in [-0.2, 0) is 4.79 Å². The Morgan fingerprint density at radius 1 is 1.03 bits per heavy atom. The summed E-state index contributed by atoms with van der Waals surface area (Å²) < 4.78 is 7.21. The standard InChI is InChI=1S/C25H23N5O2S/c1-18-8-10-19(11-9-18)16-26-27-23(31)17-33-25-29-28-24(20-6-4-3-5-7-20)30(25)21-12-14-22(32-2)15-13-21/h3-16H,17H2,1-2H3,(H,27,31)/b26-16-. The number of hydrazone groups is 1. The lowest BCUT2D eigenvalue weighted by Gasteiger charge is -2.11. The highest BCUT2D eigenvalue weighted by atomic mass is 32.2. The topological polar surface area (TPSA) is 81.4 Å². The van der Waals surface area contributed by atoms with Crippen LogP contribution in [0.5, 0.6) is 5.75 Å². The van der Waals surface area contributed by atoms with Crippen LogP contribution >= 0.6 is 11.8 Å². The molecule has 1 heterocycles. The molecule has 1 amide bonds. The van der Waals surface area contributed by atoms with Crippen LogP contribution in [0.1, 0.15) is 11.1 Å². The van der Waals surface area contributed by atoms with E-state index in [1.54, 1.807) is 13.3 Å². The normalized spacial score (nSPS) is 11.0. The lowest BCUT2D eigenvalue weighted by Crippen LogP contribution is -2.20. The molecule has 0 atom stereocenters. The van der Waals surface area contributed by atoms with Crippen molar-refractivity contribution in [3.8, 4) is 22.8 Å². The van der Waals surface area contributed by atoms with E-state index in [1.807, 2.05) is 90.4 Å². The van der Waals surface area contributed by atoms with Gasteiger partial charge >= 0.3 is 0 Å². The van der Waals surface area contributed by atoms with Crippen LogP contribution in [0, 0.1) is 6.92 Å². The summed E-state index contributed by atoms with van der Waals surface area (Å²) in [6.45, 7) is 2.02. The first-order chi connectivity index (χ1) is 16.1. The smallest absolute Gasteiger partial charge is 0.250 e. The molecule has 0 saturated carbocycles. The van der Waals surface area contributed by atoms with E-state index in [2.05, 4.69) is 20.7 Å². The van der Waals surface area contributed by atoms with Gasteiger partial charge in [-0.15, -0.1) is 10.2 Å². The fraction of sp³-hybridized carbons (Fsp3) is 0.120. The zero-order chi connectivity index (χ0) is 23.0. The van der Waals surface area contributed by atoms with Crippen LogP contribution in [-0.4, -0.2) is 39.7 Å². The molecular weight excluding hydrogens is 434 g/mol. The molecule has 0 bridgehead atoms. The number of ether oxygens (including phenoxy) is 1. The van der Waals surface area contributed by atoms with Crippen molar-refractivity contribution >= 4 is 23.9 Å². The van der Waals surface area contributed by atoms with Crippen molar-refractivity contribution in [3.63, 3.8) is 0 Å². The molecule has 8 heteroatoms. The van der Waals surface area contributed by atoms with Crippen molar-refractivity contribution in [1.82, 2.24) is 20.2 Å². The fourth-order valence-electron chi connectivity index (χ4n) is 3.10. The van der Waals surface area contributed by atoms with Gasteiger partial charge in [0, 0.05) is 11.3 Å². The molecule has 33 heavy (non-hydrogen) atoms. The van der Waals surface area contributed by atoms with Gasteiger partial charge in [-0.1, -0.05) is 71.9 Å². The number of hydrogen-bond acceptors (Lipinski definition) is 6. The van der Waals surface area contributed by atoms with Crippen LogP contribution in [0.4, 0.5) is 0 Å². The zero-order valence-electron chi connectivity index (χ0n) is 18.3. The van der Waals surface area contributed by atoms with Crippen molar-refractivity contribution < 1.29 is 9.53 Å². The van der Waals surface area contributed by atoms with Crippen molar-refractivity contribution in [1.29, 1.82) is 0 Å². The first-order valence-corrected chi connectivity index (χ1v) is 11.3. The molecule has 166 valence electrons. The molecule has 1 N–H and O–H groups in total. The second-order valence-electron chi connectivity index (χ2n) is 7.20. The van der Waals surface area contributed by atoms with Gasteiger partial charge in [0.25, 0.3) is 5.91 Å². The number of benzene rings is 3. The predicted octanol–water partition coefficient (Wildman–Crippen LogP) is 4.49. The maximum absolute atomic E-state index is 12.3. The van der Waals surface area contributed by atoms with E-state index < -0.39 is 0 Å². The Morgan fingerprint density at radius 2 is 1.76 bits per heavy atom. The molecule has 0 aliphatic heterocycles. The maximum Gasteiger partial charge on any atom is 0.250 e. The molecule has 0 spiro atoms. The number of methoxy groups -OCH3 is 1. The maximum atomic E-state index is 12.3. The Hall–Kier alpha value is -3.91. The average molecular weight is 458 g/mol. The molecule has 1 aromatic heterocycles. The van der Waals surface area contributed by atoms with E-state index >= 15 is 0 Å². The summed E-state index contributed by atoms with van der Waals surface area (Å²) in [6.07, 6.45) is 1.62. The highest BCUT2D eigenvalue weighted by Crippen LogP contribution is 2.28. The van der Waals surface area contributed by atoms with Crippen LogP contribution in [0.3, 0.4) is 0 Å². The molecule has 0 unspecified atom stereocenters. The van der Waals surface area contributed by atoms with E-state index in [-0.39, 0.29) is 11.7 Å². The van der Waals surface area contributed by atoms with E-state index in [9.17, 15) is 4.79 Å².